The summed E-state index contributed by atoms with van der Waals surface area (Å²) in [6.07, 6.45) is 1.62. The molecule has 0 amide bonds. The van der Waals surface area contributed by atoms with Crippen molar-refractivity contribution in [1.29, 1.82) is 0 Å². The molecular formula is C9H20O2Te. The first-order valence-electron chi connectivity index (χ1n) is 4.41. The van der Waals surface area contributed by atoms with Gasteiger partial charge in [-0.2, -0.15) is 0 Å². The van der Waals surface area contributed by atoms with Gasteiger partial charge in [0.15, 0.2) is 0 Å². The summed E-state index contributed by atoms with van der Waals surface area (Å²) in [6.45, 7) is 8.55. The van der Waals surface area contributed by atoms with E-state index < -0.39 is 5.97 Å². The minimum atomic E-state index is -0.745. The van der Waals surface area contributed by atoms with E-state index in [4.69, 9.17) is 5.11 Å². The van der Waals surface area contributed by atoms with E-state index in [0.717, 1.165) is 3.97 Å². The second kappa shape index (κ2) is 11.3. The van der Waals surface area contributed by atoms with Crippen LogP contribution in [0.3, 0.4) is 0 Å². The molecule has 0 bridgehead atoms. The molecule has 1 unspecified atom stereocenters. The molecule has 0 aromatic heterocycles. The van der Waals surface area contributed by atoms with E-state index in [9.17, 15) is 4.79 Å². The molecule has 0 fully saturated rings. The number of rotatable bonds is 4. The van der Waals surface area contributed by atoms with Crippen molar-refractivity contribution in [2.45, 2.75) is 49.0 Å². The van der Waals surface area contributed by atoms with Crippen LogP contribution in [0.4, 0.5) is 0 Å². The molecule has 74 valence electrons. The average molecular weight is 288 g/mol. The quantitative estimate of drug-likeness (QED) is 0.808. The molecule has 0 aliphatic heterocycles. The first-order valence-corrected chi connectivity index (χ1v) is 7.41. The molecule has 0 rings (SSSR count). The molecule has 0 aromatic carbocycles. The molecule has 0 aromatic rings. The van der Waals surface area contributed by atoms with Crippen LogP contribution in [0.15, 0.2) is 0 Å². The molecule has 1 N–H and O–H groups in total. The molecular weight excluding hydrogens is 268 g/mol. The number of hydrogen-bond acceptors (Lipinski definition) is 1. The topological polar surface area (TPSA) is 37.3 Å². The Morgan fingerprint density at radius 2 is 1.83 bits per heavy atom. The molecule has 0 saturated carbocycles. The Morgan fingerprint density at radius 1 is 1.42 bits per heavy atom. The van der Waals surface area contributed by atoms with Gasteiger partial charge < -0.3 is 5.11 Å². The van der Waals surface area contributed by atoms with Crippen molar-refractivity contribution in [1.82, 2.24) is 0 Å². The van der Waals surface area contributed by atoms with Crippen LogP contribution in [0.1, 0.15) is 40.5 Å². The second-order valence-corrected chi connectivity index (χ2v) is 7.32. The second-order valence-electron chi connectivity index (χ2n) is 2.42. The molecule has 1 atom stereocenters. The average Bonchev–Trinajstić information content (AvgIpc) is 2.06. The van der Waals surface area contributed by atoms with Crippen molar-refractivity contribution in [2.75, 3.05) is 0 Å². The summed E-state index contributed by atoms with van der Waals surface area (Å²) in [6, 6.07) is 0. The summed E-state index contributed by atoms with van der Waals surface area (Å²) in [7, 11) is 0. The van der Waals surface area contributed by atoms with Gasteiger partial charge in [-0.3, -0.25) is 4.79 Å². The van der Waals surface area contributed by atoms with Gasteiger partial charge in [0.05, 0.1) is 0 Å². The van der Waals surface area contributed by atoms with Crippen LogP contribution in [0.5, 0.6) is 0 Å². The van der Waals surface area contributed by atoms with E-state index >= 15 is 0 Å². The van der Waals surface area contributed by atoms with Gasteiger partial charge in [-0.15, -0.1) is 0 Å². The van der Waals surface area contributed by atoms with Gasteiger partial charge in [0.1, 0.15) is 0 Å². The van der Waals surface area contributed by atoms with Crippen molar-refractivity contribution in [3.63, 3.8) is 0 Å². The van der Waals surface area contributed by atoms with Crippen molar-refractivity contribution < 1.29 is 9.90 Å². The monoisotopic (exact) mass is 290 g/mol. The maximum atomic E-state index is 9.37. The van der Waals surface area contributed by atoms with Gasteiger partial charge >= 0.3 is 62.5 Å². The summed E-state index contributed by atoms with van der Waals surface area (Å²) >= 11 is 0.413. The molecule has 0 aliphatic carbocycles. The molecule has 0 radical (unpaired) electrons. The molecule has 0 spiro atoms. The normalized spacial score (nSPS) is 11.3. The van der Waals surface area contributed by atoms with Crippen LogP contribution in [0, 0.1) is 0 Å². The summed E-state index contributed by atoms with van der Waals surface area (Å²) in [5.41, 5.74) is 0. The number of aliphatic carboxylic acids is 1. The van der Waals surface area contributed by atoms with Gasteiger partial charge in [-0.05, 0) is 0 Å². The van der Waals surface area contributed by atoms with Crippen molar-refractivity contribution in [3.8, 4) is 0 Å². The third-order valence-electron chi connectivity index (χ3n) is 1.33. The Bertz CT molecular complexity index is 105. The minimum absolute atomic E-state index is 0.222. The predicted octanol–water partition coefficient (Wildman–Crippen LogP) is 2.83. The zero-order chi connectivity index (χ0) is 9.98. The number of carboxylic acid groups (broad SMARTS) is 1. The van der Waals surface area contributed by atoms with Crippen LogP contribution in [-0.4, -0.2) is 32.0 Å². The fourth-order valence-corrected chi connectivity index (χ4v) is 2.70. The molecule has 0 saturated heterocycles. The van der Waals surface area contributed by atoms with E-state index in [1.54, 1.807) is 6.92 Å². The summed E-state index contributed by atoms with van der Waals surface area (Å²) < 4.78 is 2.55. The van der Waals surface area contributed by atoms with Gasteiger partial charge in [0, 0.05) is 6.42 Å². The first-order chi connectivity index (χ1) is 5.58. The van der Waals surface area contributed by atoms with Crippen LogP contribution >= 0.6 is 0 Å². The summed E-state index contributed by atoms with van der Waals surface area (Å²) in [5, 5.41) is 7.72. The zero-order valence-corrected chi connectivity index (χ0v) is 10.8. The number of hydrogen-bond donors (Lipinski definition) is 1. The SMILES string of the molecule is CCC(=O)O.CC[Te]C(C)CC. The van der Waals surface area contributed by atoms with Crippen molar-refractivity contribution in [2.24, 2.45) is 0 Å². The number of carbonyl (C=O) groups is 1. The van der Waals surface area contributed by atoms with Gasteiger partial charge in [0.2, 0.25) is 0 Å². The first kappa shape index (κ1) is 14.8. The third-order valence-corrected chi connectivity index (χ3v) is 4.86. The van der Waals surface area contributed by atoms with Crippen LogP contribution < -0.4 is 0 Å². The third kappa shape index (κ3) is 16.7. The zero-order valence-electron chi connectivity index (χ0n) is 8.46. The Morgan fingerprint density at radius 3 is 1.92 bits per heavy atom. The van der Waals surface area contributed by atoms with Crippen LogP contribution in [-0.2, 0) is 4.79 Å². The molecule has 2 nitrogen and oxygen atoms in total. The van der Waals surface area contributed by atoms with Crippen molar-refractivity contribution in [3.05, 3.63) is 0 Å². The molecule has 3 heteroatoms. The van der Waals surface area contributed by atoms with E-state index in [1.165, 1.54) is 10.9 Å². The van der Waals surface area contributed by atoms with E-state index in [-0.39, 0.29) is 6.42 Å². The Hall–Kier alpha value is 0.260. The Labute approximate surface area is 85.8 Å². The summed E-state index contributed by atoms with van der Waals surface area (Å²) in [4.78, 5) is 9.37. The summed E-state index contributed by atoms with van der Waals surface area (Å²) in [5.74, 6) is -0.745. The van der Waals surface area contributed by atoms with Gasteiger partial charge in [-0.1, -0.05) is 6.92 Å². The predicted molar refractivity (Wildman–Crippen MR) is 53.9 cm³/mol. The van der Waals surface area contributed by atoms with Crippen molar-refractivity contribution >= 4 is 26.9 Å². The fraction of sp³-hybridized carbons (Fsp3) is 0.889. The van der Waals surface area contributed by atoms with E-state index in [1.807, 2.05) is 0 Å². The molecule has 12 heavy (non-hydrogen) atoms. The van der Waals surface area contributed by atoms with Gasteiger partial charge in [0.25, 0.3) is 0 Å². The standard InChI is InChI=1S/C6H14Te.C3H6O2/c1-4-6(3)7-5-2;1-2-3(4)5/h6H,4-5H2,1-3H3;2H2,1H3,(H,4,5). The van der Waals surface area contributed by atoms with Crippen LogP contribution in [0.25, 0.3) is 0 Å². The molecule has 0 heterocycles. The molecule has 0 aliphatic rings. The van der Waals surface area contributed by atoms with Gasteiger partial charge in [-0.25, -0.2) is 0 Å². The maximum absolute atomic E-state index is 9.37. The Kier molecular flexibility index (Phi) is 13.9. The van der Waals surface area contributed by atoms with Crippen LogP contribution in [0.2, 0.25) is 8.43 Å². The number of carboxylic acids is 1. The Balaban J connectivity index is 0. The van der Waals surface area contributed by atoms with E-state index in [2.05, 4.69) is 20.8 Å². The van der Waals surface area contributed by atoms with E-state index in [0.29, 0.717) is 20.9 Å². The fourth-order valence-electron chi connectivity index (χ4n) is 0.402.